The Hall–Kier alpha value is -3.80. The molecule has 7 rings (SSSR count). The Labute approximate surface area is 241 Å². The fourth-order valence-electron chi connectivity index (χ4n) is 6.35. The number of hydrogen-bond acceptors (Lipinski definition) is 5. The quantitative estimate of drug-likeness (QED) is 0.265. The first-order chi connectivity index (χ1) is 19.5. The monoisotopic (exact) mass is 543 g/mol. The van der Waals surface area contributed by atoms with Crippen molar-refractivity contribution < 1.29 is 4.84 Å². The molecule has 0 amide bonds. The first-order valence-electron chi connectivity index (χ1n) is 13.9. The summed E-state index contributed by atoms with van der Waals surface area (Å²) < 4.78 is 0. The summed E-state index contributed by atoms with van der Waals surface area (Å²) in [5.41, 5.74) is 7.68. The molecule has 200 valence electrons. The van der Waals surface area contributed by atoms with E-state index in [1.165, 1.54) is 32.7 Å². The second kappa shape index (κ2) is 9.99. The Morgan fingerprint density at radius 2 is 1.52 bits per heavy atom. The molecule has 3 aliphatic heterocycles. The van der Waals surface area contributed by atoms with Gasteiger partial charge in [0.15, 0.2) is 5.84 Å². The number of rotatable bonds is 3. The van der Waals surface area contributed by atoms with E-state index in [-0.39, 0.29) is 11.2 Å². The molecule has 40 heavy (non-hydrogen) atoms. The van der Waals surface area contributed by atoms with Crippen molar-refractivity contribution in [2.24, 2.45) is 11.1 Å². The predicted molar refractivity (Wildman–Crippen MR) is 166 cm³/mol. The molecule has 0 bridgehead atoms. The fraction of sp³-hybridized carbons (Fsp3) is 0.229. The number of nitrogens with zero attached hydrogens (tertiary/aromatic N) is 3. The van der Waals surface area contributed by atoms with Crippen molar-refractivity contribution in [1.82, 2.24) is 4.90 Å². The summed E-state index contributed by atoms with van der Waals surface area (Å²) >= 11 is 1.95. The first kappa shape index (κ1) is 25.2. The van der Waals surface area contributed by atoms with Crippen LogP contribution in [0.5, 0.6) is 0 Å². The number of amidine groups is 1. The average molecular weight is 544 g/mol. The fourth-order valence-corrected chi connectivity index (χ4v) is 7.79. The number of hydrogen-bond donors (Lipinski definition) is 0. The molecule has 0 aliphatic carbocycles. The van der Waals surface area contributed by atoms with Crippen LogP contribution in [-0.2, 0) is 4.84 Å². The lowest BCUT2D eigenvalue weighted by atomic mass is 9.77. The lowest BCUT2D eigenvalue weighted by Gasteiger charge is -2.50. The zero-order valence-electron chi connectivity index (χ0n) is 23.1. The van der Waals surface area contributed by atoms with Crippen LogP contribution in [0, 0.1) is 19.8 Å². The van der Waals surface area contributed by atoms with Gasteiger partial charge in [0.1, 0.15) is 0 Å². The van der Waals surface area contributed by atoms with Gasteiger partial charge in [-0.25, -0.2) is 0 Å². The normalized spacial score (nSPS) is 24.9. The van der Waals surface area contributed by atoms with Crippen LogP contribution < -0.4 is 4.90 Å². The van der Waals surface area contributed by atoms with E-state index in [0.717, 1.165) is 30.2 Å². The van der Waals surface area contributed by atoms with Crippen LogP contribution in [-0.4, -0.2) is 36.6 Å². The number of benzene rings is 4. The maximum atomic E-state index is 6.89. The molecule has 3 heterocycles. The SMILES string of the molecule is Cc1ccc(/C=C2\CN(C)C[C@H]3[C@H](c4ccc(C)cc4)Sc4ccccc4N4C(c5ccccc5)=NO[C@]234)cc1. The number of thioether (sulfide) groups is 1. The van der Waals surface area contributed by atoms with Crippen LogP contribution in [0.25, 0.3) is 6.08 Å². The van der Waals surface area contributed by atoms with E-state index >= 15 is 0 Å². The van der Waals surface area contributed by atoms with Crippen molar-refractivity contribution in [2.45, 2.75) is 29.7 Å². The number of oxime groups is 1. The van der Waals surface area contributed by atoms with Crippen molar-refractivity contribution in [3.63, 3.8) is 0 Å². The smallest absolute Gasteiger partial charge is 0.244 e. The summed E-state index contributed by atoms with van der Waals surface area (Å²) in [6.45, 7) is 5.97. The van der Waals surface area contributed by atoms with Gasteiger partial charge in [-0.05, 0) is 50.2 Å². The van der Waals surface area contributed by atoms with E-state index in [2.05, 4.69) is 140 Å². The molecule has 0 saturated carbocycles. The second-order valence-corrected chi connectivity index (χ2v) is 12.4. The lowest BCUT2D eigenvalue weighted by molar-refractivity contribution is -0.0595. The molecule has 0 radical (unpaired) electrons. The number of likely N-dealkylation sites (tertiary alicyclic amines) is 1. The number of fused-ring (bicyclic) bond motifs is 2. The van der Waals surface area contributed by atoms with Gasteiger partial charge in [-0.15, -0.1) is 11.8 Å². The molecular weight excluding hydrogens is 510 g/mol. The Kier molecular flexibility index (Phi) is 6.29. The zero-order valence-corrected chi connectivity index (χ0v) is 23.9. The van der Waals surface area contributed by atoms with Crippen LogP contribution in [0.4, 0.5) is 5.69 Å². The van der Waals surface area contributed by atoms with Crippen molar-refractivity contribution in [3.05, 3.63) is 137 Å². The van der Waals surface area contributed by atoms with Gasteiger partial charge in [0.2, 0.25) is 5.72 Å². The van der Waals surface area contributed by atoms with Crippen LogP contribution in [0.15, 0.2) is 119 Å². The highest BCUT2D eigenvalue weighted by Gasteiger charge is 2.62. The summed E-state index contributed by atoms with van der Waals surface area (Å²) in [5, 5.41) is 5.08. The third-order valence-electron chi connectivity index (χ3n) is 8.31. The Bertz CT molecular complexity index is 1600. The number of piperidine rings is 1. The molecular formula is C35H33N3OS. The lowest BCUT2D eigenvalue weighted by Crippen LogP contribution is -2.63. The molecule has 3 atom stereocenters. The minimum Gasteiger partial charge on any atom is -0.359 e. The molecule has 5 heteroatoms. The summed E-state index contributed by atoms with van der Waals surface area (Å²) in [6.07, 6.45) is 2.34. The number of aryl methyl sites for hydroxylation is 2. The Balaban J connectivity index is 1.49. The summed E-state index contributed by atoms with van der Waals surface area (Å²) in [7, 11) is 2.23. The molecule has 0 N–H and O–H groups in total. The van der Waals surface area contributed by atoms with Crippen molar-refractivity contribution in [3.8, 4) is 0 Å². The van der Waals surface area contributed by atoms with Gasteiger partial charge in [-0.3, -0.25) is 4.90 Å². The largest absolute Gasteiger partial charge is 0.359 e. The molecule has 3 aliphatic rings. The van der Waals surface area contributed by atoms with Gasteiger partial charge in [0.05, 0.1) is 11.6 Å². The molecule has 4 nitrogen and oxygen atoms in total. The zero-order chi connectivity index (χ0) is 27.3. The third-order valence-corrected chi connectivity index (χ3v) is 9.76. The Morgan fingerprint density at radius 3 is 2.27 bits per heavy atom. The predicted octanol–water partition coefficient (Wildman–Crippen LogP) is 7.69. The van der Waals surface area contributed by atoms with E-state index < -0.39 is 5.72 Å². The molecule has 0 aromatic heterocycles. The highest BCUT2D eigenvalue weighted by Crippen LogP contribution is 2.59. The van der Waals surface area contributed by atoms with Crippen molar-refractivity contribution >= 4 is 29.4 Å². The summed E-state index contributed by atoms with van der Waals surface area (Å²) in [6, 6.07) is 37.0. The minimum atomic E-state index is -0.766. The van der Waals surface area contributed by atoms with E-state index in [9.17, 15) is 0 Å². The highest BCUT2D eigenvalue weighted by molar-refractivity contribution is 7.99. The molecule has 4 aromatic carbocycles. The van der Waals surface area contributed by atoms with Gasteiger partial charge < -0.3 is 9.74 Å². The van der Waals surface area contributed by atoms with Gasteiger partial charge in [0, 0.05) is 34.4 Å². The number of para-hydroxylation sites is 1. The maximum Gasteiger partial charge on any atom is 0.244 e. The van der Waals surface area contributed by atoms with Gasteiger partial charge in [-0.2, -0.15) is 0 Å². The molecule has 1 fully saturated rings. The maximum absolute atomic E-state index is 6.89. The van der Waals surface area contributed by atoms with Gasteiger partial charge in [0.25, 0.3) is 0 Å². The summed E-state index contributed by atoms with van der Waals surface area (Å²) in [5.74, 6) is 0.968. The Morgan fingerprint density at radius 1 is 0.850 bits per heavy atom. The first-order valence-corrected chi connectivity index (χ1v) is 14.8. The molecule has 4 aromatic rings. The van der Waals surface area contributed by atoms with Crippen LogP contribution in [0.2, 0.25) is 0 Å². The van der Waals surface area contributed by atoms with Gasteiger partial charge >= 0.3 is 0 Å². The van der Waals surface area contributed by atoms with Crippen molar-refractivity contribution in [1.29, 1.82) is 0 Å². The standard InChI is InChI=1S/C35H33N3OS/c1-24-13-17-26(18-14-24)21-29-22-37(3)23-30-33(27-19-15-25(2)16-20-27)40-32-12-8-7-11-31(32)38-34(36-39-35(29,30)38)28-9-5-4-6-10-28/h4-21,30,33H,22-23H2,1-3H3/b29-21+/t30-,33-,35+/m0/s1. The average Bonchev–Trinajstić information content (AvgIpc) is 3.31. The molecule has 0 unspecified atom stereocenters. The van der Waals surface area contributed by atoms with Crippen LogP contribution in [0.3, 0.4) is 0 Å². The van der Waals surface area contributed by atoms with Crippen molar-refractivity contribution in [2.75, 3.05) is 25.0 Å². The van der Waals surface area contributed by atoms with Gasteiger partial charge in [-0.1, -0.05) is 107 Å². The summed E-state index contributed by atoms with van der Waals surface area (Å²) in [4.78, 5) is 13.0. The molecule has 1 spiro atoms. The van der Waals surface area contributed by atoms with Crippen LogP contribution >= 0.6 is 11.8 Å². The topological polar surface area (TPSA) is 28.1 Å². The van der Waals surface area contributed by atoms with E-state index in [0.29, 0.717) is 0 Å². The van der Waals surface area contributed by atoms with E-state index in [1.807, 2.05) is 11.8 Å². The second-order valence-electron chi connectivity index (χ2n) is 11.2. The van der Waals surface area contributed by atoms with E-state index in [4.69, 9.17) is 9.99 Å². The number of likely N-dealkylation sites (N-methyl/N-ethyl adjacent to an activating group) is 1. The molecule has 1 saturated heterocycles. The van der Waals surface area contributed by atoms with E-state index in [1.54, 1.807) is 0 Å². The number of anilines is 1. The highest BCUT2D eigenvalue weighted by atomic mass is 32.2. The third kappa shape index (κ3) is 4.16. The minimum absolute atomic E-state index is 0.105. The van der Waals surface area contributed by atoms with Crippen LogP contribution in [0.1, 0.15) is 33.1 Å².